The highest BCUT2D eigenvalue weighted by molar-refractivity contribution is 4.46. The maximum atomic E-state index is 4.17. The van der Waals surface area contributed by atoms with Gasteiger partial charge in [0.2, 0.25) is 0 Å². The molecule has 0 aliphatic carbocycles. The lowest BCUT2D eigenvalue weighted by molar-refractivity contribution is 0.637. The van der Waals surface area contributed by atoms with Gasteiger partial charge in [0, 0.05) is 0 Å². The second-order valence-corrected chi connectivity index (χ2v) is 3.85. The van der Waals surface area contributed by atoms with Crippen molar-refractivity contribution in [2.75, 3.05) is 13.1 Å². The Labute approximate surface area is 89.2 Å². The van der Waals surface area contributed by atoms with Crippen LogP contribution in [0.3, 0.4) is 0 Å². The van der Waals surface area contributed by atoms with Gasteiger partial charge < -0.3 is 0 Å². The predicted octanol–water partition coefficient (Wildman–Crippen LogP) is 4.60. The molecule has 0 aliphatic heterocycles. The third-order valence-electron chi connectivity index (χ3n) is 2.32. The fraction of sp³-hybridized carbons (Fsp3) is 1.00. The van der Waals surface area contributed by atoms with E-state index in [1.807, 2.05) is 0 Å². The van der Waals surface area contributed by atoms with Crippen LogP contribution >= 0.6 is 0 Å². The molecule has 0 aromatic rings. The van der Waals surface area contributed by atoms with E-state index in [4.69, 9.17) is 0 Å². The first-order valence-corrected chi connectivity index (χ1v) is 6.25. The molecule has 0 aromatic carbocycles. The highest BCUT2D eigenvalue weighted by Gasteiger charge is 1.87. The Bertz CT molecular complexity index is 107. The van der Waals surface area contributed by atoms with Crippen LogP contribution in [0.4, 0.5) is 0 Å². The summed E-state index contributed by atoms with van der Waals surface area (Å²) in [6.45, 7) is 6.34. The molecule has 0 spiro atoms. The van der Waals surface area contributed by atoms with E-state index in [2.05, 4.69) is 24.1 Å². The molecule has 84 valence electrons. The normalized spacial score (nSPS) is 11.3. The first kappa shape index (κ1) is 13.6. The van der Waals surface area contributed by atoms with Crippen LogP contribution in [-0.2, 0) is 0 Å². The number of hydrogen-bond donors (Lipinski definition) is 0. The van der Waals surface area contributed by atoms with Gasteiger partial charge in [0.1, 0.15) is 0 Å². The van der Waals surface area contributed by atoms with Crippen LogP contribution in [0.5, 0.6) is 0 Å². The number of azo groups is 1. The highest BCUT2D eigenvalue weighted by atomic mass is 15.1. The molecule has 0 radical (unpaired) electrons. The van der Waals surface area contributed by atoms with Crippen molar-refractivity contribution in [2.24, 2.45) is 10.2 Å². The topological polar surface area (TPSA) is 24.7 Å². The third kappa shape index (κ3) is 11.6. The van der Waals surface area contributed by atoms with Crippen molar-refractivity contribution >= 4 is 0 Å². The van der Waals surface area contributed by atoms with Crippen LogP contribution in [0.15, 0.2) is 10.2 Å². The van der Waals surface area contributed by atoms with Gasteiger partial charge in [-0.05, 0) is 12.8 Å². The van der Waals surface area contributed by atoms with Crippen molar-refractivity contribution in [2.45, 2.75) is 65.2 Å². The molecule has 0 heterocycles. The van der Waals surface area contributed by atoms with E-state index >= 15 is 0 Å². The van der Waals surface area contributed by atoms with E-state index in [-0.39, 0.29) is 0 Å². The minimum atomic E-state index is 0.938. The van der Waals surface area contributed by atoms with Gasteiger partial charge in [0.05, 0.1) is 13.1 Å². The zero-order chi connectivity index (χ0) is 10.5. The summed E-state index contributed by atoms with van der Waals surface area (Å²) in [6.07, 6.45) is 10.3. The van der Waals surface area contributed by atoms with Crippen LogP contribution in [-0.4, -0.2) is 13.1 Å². The summed E-state index contributed by atoms with van der Waals surface area (Å²) < 4.78 is 0. The van der Waals surface area contributed by atoms with Crippen LogP contribution in [0, 0.1) is 0 Å². The molecule has 0 rings (SSSR count). The Morgan fingerprint density at radius 2 is 1.00 bits per heavy atom. The molecule has 0 saturated carbocycles. The molecule has 0 amide bonds. The van der Waals surface area contributed by atoms with Crippen molar-refractivity contribution in [3.05, 3.63) is 0 Å². The summed E-state index contributed by atoms with van der Waals surface area (Å²) >= 11 is 0. The van der Waals surface area contributed by atoms with E-state index in [0.717, 1.165) is 13.1 Å². The van der Waals surface area contributed by atoms with Gasteiger partial charge >= 0.3 is 0 Å². The maximum Gasteiger partial charge on any atom is 0.0598 e. The average molecular weight is 198 g/mol. The number of nitrogens with zero attached hydrogens (tertiary/aromatic N) is 2. The minimum absolute atomic E-state index is 0.938. The Hall–Kier alpha value is -0.400. The van der Waals surface area contributed by atoms with E-state index in [0.29, 0.717) is 0 Å². The zero-order valence-electron chi connectivity index (χ0n) is 9.97. The molecular weight excluding hydrogens is 172 g/mol. The van der Waals surface area contributed by atoms with Gasteiger partial charge in [-0.1, -0.05) is 52.4 Å². The van der Waals surface area contributed by atoms with Crippen molar-refractivity contribution < 1.29 is 0 Å². The summed E-state index contributed by atoms with van der Waals surface area (Å²) in [7, 11) is 0. The fourth-order valence-corrected chi connectivity index (χ4v) is 1.36. The van der Waals surface area contributed by atoms with Crippen molar-refractivity contribution in [1.29, 1.82) is 0 Å². The molecule has 0 saturated heterocycles. The van der Waals surface area contributed by atoms with Crippen molar-refractivity contribution in [3.63, 3.8) is 0 Å². The maximum absolute atomic E-state index is 4.17. The quantitative estimate of drug-likeness (QED) is 0.362. The summed E-state index contributed by atoms with van der Waals surface area (Å²) in [5, 5.41) is 8.33. The lowest BCUT2D eigenvalue weighted by Crippen LogP contribution is -1.83. The third-order valence-corrected chi connectivity index (χ3v) is 2.32. The highest BCUT2D eigenvalue weighted by Crippen LogP contribution is 2.00. The first-order valence-electron chi connectivity index (χ1n) is 6.25. The number of rotatable bonds is 10. The van der Waals surface area contributed by atoms with Gasteiger partial charge in [-0.25, -0.2) is 0 Å². The SMILES string of the molecule is CCCCCCN=NCCCCCC. The minimum Gasteiger partial charge on any atom is -0.194 e. The number of unbranched alkanes of at least 4 members (excludes halogenated alkanes) is 6. The molecule has 0 aliphatic rings. The summed E-state index contributed by atoms with van der Waals surface area (Å²) in [4.78, 5) is 0. The smallest absolute Gasteiger partial charge is 0.0598 e. The van der Waals surface area contributed by atoms with Gasteiger partial charge in [-0.3, -0.25) is 0 Å². The molecule has 0 unspecified atom stereocenters. The second-order valence-electron chi connectivity index (χ2n) is 3.85. The summed E-state index contributed by atoms with van der Waals surface area (Å²) in [5.41, 5.74) is 0. The molecule has 0 aromatic heterocycles. The molecule has 0 N–H and O–H groups in total. The van der Waals surface area contributed by atoms with E-state index in [1.54, 1.807) is 0 Å². The van der Waals surface area contributed by atoms with Crippen LogP contribution in [0.1, 0.15) is 65.2 Å². The summed E-state index contributed by atoms with van der Waals surface area (Å²) in [5.74, 6) is 0. The van der Waals surface area contributed by atoms with Gasteiger partial charge in [-0.15, -0.1) is 0 Å². The molecule has 14 heavy (non-hydrogen) atoms. The van der Waals surface area contributed by atoms with E-state index in [1.165, 1.54) is 51.4 Å². The van der Waals surface area contributed by atoms with Gasteiger partial charge in [0.15, 0.2) is 0 Å². The Morgan fingerprint density at radius 3 is 1.36 bits per heavy atom. The van der Waals surface area contributed by atoms with Crippen LogP contribution < -0.4 is 0 Å². The van der Waals surface area contributed by atoms with Crippen molar-refractivity contribution in [1.82, 2.24) is 0 Å². The van der Waals surface area contributed by atoms with Gasteiger partial charge in [0.25, 0.3) is 0 Å². The summed E-state index contributed by atoms with van der Waals surface area (Å²) in [6, 6.07) is 0. The van der Waals surface area contributed by atoms with Crippen LogP contribution in [0.25, 0.3) is 0 Å². The Morgan fingerprint density at radius 1 is 0.571 bits per heavy atom. The average Bonchev–Trinajstić information content (AvgIpc) is 2.21. The molecule has 2 nitrogen and oxygen atoms in total. The molecule has 0 bridgehead atoms. The van der Waals surface area contributed by atoms with E-state index in [9.17, 15) is 0 Å². The molecule has 2 heteroatoms. The monoisotopic (exact) mass is 198 g/mol. The fourth-order valence-electron chi connectivity index (χ4n) is 1.36. The largest absolute Gasteiger partial charge is 0.194 e. The number of hydrogen-bond acceptors (Lipinski definition) is 2. The predicted molar refractivity (Wildman–Crippen MR) is 62.9 cm³/mol. The Kier molecular flexibility index (Phi) is 12.2. The lowest BCUT2D eigenvalue weighted by Gasteiger charge is -1.95. The van der Waals surface area contributed by atoms with Crippen molar-refractivity contribution in [3.8, 4) is 0 Å². The first-order chi connectivity index (χ1) is 6.91. The lowest BCUT2D eigenvalue weighted by atomic mass is 10.2. The molecule has 0 fully saturated rings. The molecular formula is C12H26N2. The van der Waals surface area contributed by atoms with Crippen LogP contribution in [0.2, 0.25) is 0 Å². The van der Waals surface area contributed by atoms with Gasteiger partial charge in [-0.2, -0.15) is 10.2 Å². The molecule has 0 atom stereocenters. The van der Waals surface area contributed by atoms with E-state index < -0.39 is 0 Å². The standard InChI is InChI=1S/C12H26N2/c1-3-5-7-9-11-13-14-12-10-8-6-4-2/h3-12H2,1-2H3. The second kappa shape index (κ2) is 12.6. The Balaban J connectivity index is 2.96. The zero-order valence-corrected chi connectivity index (χ0v) is 9.97.